The van der Waals surface area contributed by atoms with Crippen LogP contribution >= 0.6 is 31.9 Å². The van der Waals surface area contributed by atoms with E-state index in [0.29, 0.717) is 5.82 Å². The summed E-state index contributed by atoms with van der Waals surface area (Å²) in [6.07, 6.45) is 3.93. The second kappa shape index (κ2) is 5.99. The number of aryl methyl sites for hydroxylation is 1. The second-order valence-electron chi connectivity index (χ2n) is 4.08. The first-order chi connectivity index (χ1) is 8.61. The van der Waals surface area contributed by atoms with E-state index in [9.17, 15) is 5.11 Å². The van der Waals surface area contributed by atoms with E-state index in [-0.39, 0.29) is 0 Å². The molecular formula is C13H14Br2N2O. The zero-order valence-electron chi connectivity index (χ0n) is 9.98. The largest absolute Gasteiger partial charge is 0.380 e. The predicted molar refractivity (Wildman–Crippen MR) is 78.4 cm³/mol. The third kappa shape index (κ3) is 3.02. The Balaban J connectivity index is 2.34. The Morgan fingerprint density at radius 3 is 2.56 bits per heavy atom. The molecule has 0 radical (unpaired) electrons. The highest BCUT2D eigenvalue weighted by molar-refractivity contribution is 9.11. The maximum Gasteiger partial charge on any atom is 0.142 e. The van der Waals surface area contributed by atoms with E-state index in [1.807, 2.05) is 29.0 Å². The molecular weight excluding hydrogens is 360 g/mol. The minimum Gasteiger partial charge on any atom is -0.380 e. The minimum absolute atomic E-state index is 0.682. The fourth-order valence-corrected chi connectivity index (χ4v) is 3.21. The third-order valence-electron chi connectivity index (χ3n) is 2.66. The van der Waals surface area contributed by atoms with E-state index in [4.69, 9.17) is 0 Å². The maximum atomic E-state index is 10.4. The molecule has 1 heterocycles. The van der Waals surface area contributed by atoms with Gasteiger partial charge in [-0.1, -0.05) is 38.8 Å². The van der Waals surface area contributed by atoms with E-state index in [1.54, 1.807) is 6.20 Å². The number of nitrogens with zero attached hydrogens (tertiary/aromatic N) is 2. The molecule has 2 aromatic rings. The molecule has 0 fully saturated rings. The minimum atomic E-state index is -0.708. The Morgan fingerprint density at radius 2 is 1.94 bits per heavy atom. The maximum absolute atomic E-state index is 10.4. The molecule has 0 aliphatic heterocycles. The van der Waals surface area contributed by atoms with Crippen LogP contribution in [-0.2, 0) is 6.54 Å². The van der Waals surface area contributed by atoms with Gasteiger partial charge in [-0.25, -0.2) is 4.98 Å². The molecule has 0 spiro atoms. The first kappa shape index (κ1) is 13.8. The first-order valence-electron chi connectivity index (χ1n) is 5.77. The van der Waals surface area contributed by atoms with Crippen molar-refractivity contribution >= 4 is 31.9 Å². The van der Waals surface area contributed by atoms with Crippen LogP contribution in [0.4, 0.5) is 0 Å². The molecule has 0 aliphatic carbocycles. The molecule has 0 saturated carbocycles. The lowest BCUT2D eigenvalue weighted by Crippen LogP contribution is -2.09. The lowest BCUT2D eigenvalue weighted by atomic mass is 10.1. The summed E-state index contributed by atoms with van der Waals surface area (Å²) < 4.78 is 3.85. The predicted octanol–water partition coefficient (Wildman–Crippen LogP) is 3.90. The van der Waals surface area contributed by atoms with E-state index >= 15 is 0 Å². The Kier molecular flexibility index (Phi) is 4.59. The molecule has 1 aromatic carbocycles. The molecule has 1 N–H and O–H groups in total. The number of aromatic nitrogens is 2. The SMILES string of the molecule is CCCn1ccnc1C(O)c1cc(Br)cc(Br)c1. The van der Waals surface area contributed by atoms with Gasteiger partial charge in [0, 0.05) is 27.9 Å². The molecule has 1 unspecified atom stereocenters. The van der Waals surface area contributed by atoms with Gasteiger partial charge in [0.25, 0.3) is 0 Å². The van der Waals surface area contributed by atoms with Crippen LogP contribution in [-0.4, -0.2) is 14.7 Å². The van der Waals surface area contributed by atoms with Gasteiger partial charge in [-0.05, 0) is 30.2 Å². The van der Waals surface area contributed by atoms with Gasteiger partial charge in [-0.2, -0.15) is 0 Å². The van der Waals surface area contributed by atoms with Gasteiger partial charge in [-0.15, -0.1) is 0 Å². The molecule has 0 amide bonds. The summed E-state index contributed by atoms with van der Waals surface area (Å²) in [6, 6.07) is 5.75. The van der Waals surface area contributed by atoms with Crippen LogP contribution in [0.5, 0.6) is 0 Å². The van der Waals surface area contributed by atoms with Gasteiger partial charge in [-0.3, -0.25) is 0 Å². The fourth-order valence-electron chi connectivity index (χ4n) is 1.88. The van der Waals surface area contributed by atoms with Crippen LogP contribution in [0.2, 0.25) is 0 Å². The molecule has 5 heteroatoms. The summed E-state index contributed by atoms with van der Waals surface area (Å²) in [5.41, 5.74) is 0.819. The molecule has 2 rings (SSSR count). The van der Waals surface area contributed by atoms with E-state index in [0.717, 1.165) is 27.5 Å². The Labute approximate surface area is 123 Å². The summed E-state index contributed by atoms with van der Waals surface area (Å²) >= 11 is 6.85. The number of rotatable bonds is 4. The standard InChI is InChI=1S/C13H14Br2N2O/c1-2-4-17-5-3-16-13(17)12(18)9-6-10(14)8-11(15)7-9/h3,5-8,12,18H,2,4H2,1H3. The first-order valence-corrected chi connectivity index (χ1v) is 7.35. The van der Waals surface area contributed by atoms with Crippen molar-refractivity contribution in [3.63, 3.8) is 0 Å². The van der Waals surface area contributed by atoms with Gasteiger partial charge in [0.15, 0.2) is 0 Å². The van der Waals surface area contributed by atoms with Crippen molar-refractivity contribution in [3.05, 3.63) is 50.9 Å². The van der Waals surface area contributed by atoms with Crippen LogP contribution in [0.1, 0.15) is 30.8 Å². The molecule has 0 aliphatic rings. The van der Waals surface area contributed by atoms with Crippen LogP contribution in [0, 0.1) is 0 Å². The number of hydrogen-bond donors (Lipinski definition) is 1. The molecule has 1 aromatic heterocycles. The van der Waals surface area contributed by atoms with E-state index in [1.165, 1.54) is 0 Å². The highest BCUT2D eigenvalue weighted by atomic mass is 79.9. The summed E-state index contributed by atoms with van der Waals surface area (Å²) in [6.45, 7) is 2.97. The van der Waals surface area contributed by atoms with Crippen molar-refractivity contribution in [1.82, 2.24) is 9.55 Å². The van der Waals surface area contributed by atoms with Gasteiger partial charge in [0.2, 0.25) is 0 Å². The van der Waals surface area contributed by atoms with Crippen LogP contribution in [0.15, 0.2) is 39.5 Å². The lowest BCUT2D eigenvalue weighted by molar-refractivity contribution is 0.204. The second-order valence-corrected chi connectivity index (χ2v) is 5.92. The quantitative estimate of drug-likeness (QED) is 0.882. The Morgan fingerprint density at radius 1 is 1.28 bits per heavy atom. The fraction of sp³-hybridized carbons (Fsp3) is 0.308. The van der Waals surface area contributed by atoms with Gasteiger partial charge in [0.05, 0.1) is 0 Å². The summed E-state index contributed by atoms with van der Waals surface area (Å²) in [5, 5.41) is 10.4. The smallest absolute Gasteiger partial charge is 0.142 e. The normalized spacial score (nSPS) is 12.7. The lowest BCUT2D eigenvalue weighted by Gasteiger charge is -2.14. The van der Waals surface area contributed by atoms with Crippen LogP contribution in [0.25, 0.3) is 0 Å². The van der Waals surface area contributed by atoms with Gasteiger partial charge >= 0.3 is 0 Å². The summed E-state index contributed by atoms with van der Waals surface area (Å²) in [5.74, 6) is 0.682. The van der Waals surface area contributed by atoms with E-state index in [2.05, 4.69) is 43.8 Å². The number of hydrogen-bond acceptors (Lipinski definition) is 2. The number of aliphatic hydroxyl groups is 1. The highest BCUT2D eigenvalue weighted by Gasteiger charge is 2.16. The molecule has 0 bridgehead atoms. The van der Waals surface area contributed by atoms with Gasteiger partial charge in [0.1, 0.15) is 11.9 Å². The molecule has 96 valence electrons. The van der Waals surface area contributed by atoms with Crippen molar-refractivity contribution in [2.45, 2.75) is 26.0 Å². The number of imidazole rings is 1. The van der Waals surface area contributed by atoms with Crippen molar-refractivity contribution in [1.29, 1.82) is 0 Å². The van der Waals surface area contributed by atoms with Crippen LogP contribution < -0.4 is 0 Å². The summed E-state index contributed by atoms with van der Waals surface area (Å²) in [4.78, 5) is 4.25. The molecule has 1 atom stereocenters. The number of benzene rings is 1. The number of halogens is 2. The molecule has 3 nitrogen and oxygen atoms in total. The average molecular weight is 374 g/mol. The van der Waals surface area contributed by atoms with Crippen molar-refractivity contribution in [2.75, 3.05) is 0 Å². The highest BCUT2D eigenvalue weighted by Crippen LogP contribution is 2.27. The van der Waals surface area contributed by atoms with Crippen molar-refractivity contribution in [3.8, 4) is 0 Å². The topological polar surface area (TPSA) is 38.0 Å². The summed E-state index contributed by atoms with van der Waals surface area (Å²) in [7, 11) is 0. The zero-order chi connectivity index (χ0) is 13.1. The van der Waals surface area contributed by atoms with E-state index < -0.39 is 6.10 Å². The van der Waals surface area contributed by atoms with Crippen LogP contribution in [0.3, 0.4) is 0 Å². The van der Waals surface area contributed by atoms with Gasteiger partial charge < -0.3 is 9.67 Å². The Bertz CT molecular complexity index is 519. The Hall–Kier alpha value is -0.650. The molecule has 18 heavy (non-hydrogen) atoms. The molecule has 0 saturated heterocycles. The average Bonchev–Trinajstić information content (AvgIpc) is 2.75. The zero-order valence-corrected chi connectivity index (χ0v) is 13.1. The monoisotopic (exact) mass is 372 g/mol. The van der Waals surface area contributed by atoms with Crippen molar-refractivity contribution in [2.24, 2.45) is 0 Å². The van der Waals surface area contributed by atoms with Crippen molar-refractivity contribution < 1.29 is 5.11 Å². The number of aliphatic hydroxyl groups excluding tert-OH is 1. The third-order valence-corrected chi connectivity index (χ3v) is 3.57.